The first kappa shape index (κ1) is 8.27. The van der Waals surface area contributed by atoms with E-state index in [0.29, 0.717) is 6.04 Å². The molecule has 1 atom stereocenters. The number of aryl methyl sites for hydroxylation is 2. The van der Waals surface area contributed by atoms with Crippen LogP contribution >= 0.6 is 0 Å². The first-order valence-corrected chi connectivity index (χ1v) is 3.83. The van der Waals surface area contributed by atoms with Crippen LogP contribution in [0.1, 0.15) is 24.4 Å². The smallest absolute Gasteiger partial charge is 0.0793 e. The lowest BCUT2D eigenvalue weighted by atomic mass is 10.2. The van der Waals surface area contributed by atoms with Gasteiger partial charge in [0.15, 0.2) is 0 Å². The summed E-state index contributed by atoms with van der Waals surface area (Å²) >= 11 is 0. The molecule has 1 N–H and O–H groups in total. The van der Waals surface area contributed by atoms with Crippen LogP contribution < -0.4 is 5.32 Å². The fourth-order valence-electron chi connectivity index (χ4n) is 0.948. The van der Waals surface area contributed by atoms with Gasteiger partial charge in [-0.3, -0.25) is 4.68 Å². The van der Waals surface area contributed by atoms with Gasteiger partial charge in [-0.1, -0.05) is 0 Å². The van der Waals surface area contributed by atoms with E-state index >= 15 is 0 Å². The highest BCUT2D eigenvalue weighted by atomic mass is 15.3. The Balaban J connectivity index is 2.88. The molecule has 0 aliphatic carbocycles. The molecule has 1 rings (SSSR count). The molecule has 1 heterocycles. The molecule has 0 fully saturated rings. The average Bonchev–Trinajstić information content (AvgIpc) is 2.31. The second-order valence-electron chi connectivity index (χ2n) is 2.84. The summed E-state index contributed by atoms with van der Waals surface area (Å²) in [4.78, 5) is 0. The second-order valence-corrected chi connectivity index (χ2v) is 2.84. The van der Waals surface area contributed by atoms with Gasteiger partial charge in [0.1, 0.15) is 0 Å². The lowest BCUT2D eigenvalue weighted by Crippen LogP contribution is -2.13. The van der Waals surface area contributed by atoms with Gasteiger partial charge >= 0.3 is 0 Å². The average molecular weight is 153 g/mol. The van der Waals surface area contributed by atoms with Crippen LogP contribution in [-0.4, -0.2) is 16.8 Å². The van der Waals surface area contributed by atoms with Gasteiger partial charge in [-0.2, -0.15) is 5.10 Å². The zero-order valence-corrected chi connectivity index (χ0v) is 7.55. The fourth-order valence-corrected chi connectivity index (χ4v) is 0.948. The quantitative estimate of drug-likeness (QED) is 0.687. The lowest BCUT2D eigenvalue weighted by Gasteiger charge is -2.04. The molecular weight excluding hydrogens is 138 g/mol. The minimum Gasteiger partial charge on any atom is -0.312 e. The van der Waals surface area contributed by atoms with Crippen molar-refractivity contribution in [1.29, 1.82) is 0 Å². The maximum Gasteiger partial charge on any atom is 0.0793 e. The van der Waals surface area contributed by atoms with E-state index < -0.39 is 0 Å². The zero-order chi connectivity index (χ0) is 8.43. The molecule has 0 radical (unpaired) electrons. The van der Waals surface area contributed by atoms with Crippen LogP contribution in [0.3, 0.4) is 0 Å². The Bertz CT molecular complexity index is 220. The SMILES string of the molecule is CNC(C)c1cc(C)n(C)n1. The number of nitrogens with zero attached hydrogens (tertiary/aromatic N) is 2. The van der Waals surface area contributed by atoms with Gasteiger partial charge in [0, 0.05) is 18.8 Å². The Morgan fingerprint density at radius 1 is 1.64 bits per heavy atom. The maximum atomic E-state index is 4.34. The Hall–Kier alpha value is -0.830. The van der Waals surface area contributed by atoms with Crippen LogP contribution in [0.4, 0.5) is 0 Å². The van der Waals surface area contributed by atoms with E-state index in [-0.39, 0.29) is 0 Å². The summed E-state index contributed by atoms with van der Waals surface area (Å²) in [5, 5.41) is 7.48. The maximum absolute atomic E-state index is 4.34. The highest BCUT2D eigenvalue weighted by Gasteiger charge is 2.06. The molecule has 0 saturated heterocycles. The standard InChI is InChI=1S/C8H15N3/c1-6-5-8(7(2)9-3)10-11(6)4/h5,7,9H,1-4H3. The van der Waals surface area contributed by atoms with Gasteiger partial charge in [-0.15, -0.1) is 0 Å². The molecule has 0 amide bonds. The molecule has 0 aromatic carbocycles. The Morgan fingerprint density at radius 2 is 2.27 bits per heavy atom. The minimum absolute atomic E-state index is 0.342. The normalized spacial score (nSPS) is 13.5. The van der Waals surface area contributed by atoms with Crippen molar-refractivity contribution < 1.29 is 0 Å². The van der Waals surface area contributed by atoms with Crippen molar-refractivity contribution in [3.8, 4) is 0 Å². The second kappa shape index (κ2) is 3.05. The van der Waals surface area contributed by atoms with Gasteiger partial charge in [-0.25, -0.2) is 0 Å². The zero-order valence-electron chi connectivity index (χ0n) is 7.55. The van der Waals surface area contributed by atoms with Gasteiger partial charge < -0.3 is 5.32 Å². The summed E-state index contributed by atoms with van der Waals surface area (Å²) in [6.45, 7) is 4.15. The lowest BCUT2D eigenvalue weighted by molar-refractivity contribution is 0.609. The summed E-state index contributed by atoms with van der Waals surface area (Å²) in [7, 11) is 3.90. The topological polar surface area (TPSA) is 29.9 Å². The van der Waals surface area contributed by atoms with Crippen molar-refractivity contribution >= 4 is 0 Å². The van der Waals surface area contributed by atoms with E-state index in [4.69, 9.17) is 0 Å². The van der Waals surface area contributed by atoms with Crippen LogP contribution in [0.5, 0.6) is 0 Å². The molecule has 1 aromatic rings. The van der Waals surface area contributed by atoms with E-state index in [1.54, 1.807) is 0 Å². The molecule has 1 unspecified atom stereocenters. The van der Waals surface area contributed by atoms with Gasteiger partial charge in [0.2, 0.25) is 0 Å². The summed E-state index contributed by atoms with van der Waals surface area (Å²) in [5.41, 5.74) is 2.30. The van der Waals surface area contributed by atoms with Gasteiger partial charge in [0.25, 0.3) is 0 Å². The number of hydrogen-bond donors (Lipinski definition) is 1. The first-order valence-electron chi connectivity index (χ1n) is 3.83. The third kappa shape index (κ3) is 1.60. The summed E-state index contributed by atoms with van der Waals surface area (Å²) in [5.74, 6) is 0. The molecule has 1 aromatic heterocycles. The molecule has 11 heavy (non-hydrogen) atoms. The van der Waals surface area contributed by atoms with Crippen molar-refractivity contribution in [2.75, 3.05) is 7.05 Å². The molecule has 0 aliphatic heterocycles. The van der Waals surface area contributed by atoms with Gasteiger partial charge in [-0.05, 0) is 27.0 Å². The molecular formula is C8H15N3. The predicted molar refractivity (Wildman–Crippen MR) is 45.4 cm³/mol. The molecule has 3 heteroatoms. The molecule has 0 aliphatic rings. The molecule has 0 spiro atoms. The van der Waals surface area contributed by atoms with E-state index in [9.17, 15) is 0 Å². The number of rotatable bonds is 2. The van der Waals surface area contributed by atoms with E-state index in [1.807, 2.05) is 18.8 Å². The minimum atomic E-state index is 0.342. The van der Waals surface area contributed by atoms with E-state index in [1.165, 1.54) is 5.69 Å². The van der Waals surface area contributed by atoms with Crippen molar-refractivity contribution in [2.45, 2.75) is 19.9 Å². The Labute approximate surface area is 67.4 Å². The number of nitrogens with one attached hydrogen (secondary N) is 1. The van der Waals surface area contributed by atoms with Crippen molar-refractivity contribution in [1.82, 2.24) is 15.1 Å². The molecule has 0 bridgehead atoms. The number of aromatic nitrogens is 2. The summed E-state index contributed by atoms with van der Waals surface area (Å²) in [6, 6.07) is 2.44. The van der Waals surface area contributed by atoms with Crippen LogP contribution in [0.2, 0.25) is 0 Å². The van der Waals surface area contributed by atoms with Crippen LogP contribution in [0, 0.1) is 6.92 Å². The van der Waals surface area contributed by atoms with Crippen LogP contribution in [0.25, 0.3) is 0 Å². The molecule has 62 valence electrons. The highest BCUT2D eigenvalue weighted by Crippen LogP contribution is 2.10. The third-order valence-electron chi connectivity index (χ3n) is 2.01. The number of hydrogen-bond acceptors (Lipinski definition) is 2. The predicted octanol–water partition coefficient (Wildman–Crippen LogP) is 1.01. The largest absolute Gasteiger partial charge is 0.312 e. The van der Waals surface area contributed by atoms with E-state index in [2.05, 4.69) is 30.3 Å². The molecule has 3 nitrogen and oxygen atoms in total. The fraction of sp³-hybridized carbons (Fsp3) is 0.625. The Kier molecular flexibility index (Phi) is 2.29. The van der Waals surface area contributed by atoms with Crippen molar-refractivity contribution in [3.63, 3.8) is 0 Å². The highest BCUT2D eigenvalue weighted by molar-refractivity contribution is 5.11. The summed E-state index contributed by atoms with van der Waals surface area (Å²) in [6.07, 6.45) is 0. The van der Waals surface area contributed by atoms with E-state index in [0.717, 1.165) is 5.69 Å². The summed E-state index contributed by atoms with van der Waals surface area (Å²) < 4.78 is 1.89. The van der Waals surface area contributed by atoms with Crippen molar-refractivity contribution in [2.24, 2.45) is 7.05 Å². The van der Waals surface area contributed by atoms with Crippen LogP contribution in [0.15, 0.2) is 6.07 Å². The Morgan fingerprint density at radius 3 is 2.64 bits per heavy atom. The first-order chi connectivity index (χ1) is 5.15. The van der Waals surface area contributed by atoms with Gasteiger partial charge in [0.05, 0.1) is 5.69 Å². The molecule has 0 saturated carbocycles. The third-order valence-corrected chi connectivity index (χ3v) is 2.01. The monoisotopic (exact) mass is 153 g/mol. The van der Waals surface area contributed by atoms with Crippen molar-refractivity contribution in [3.05, 3.63) is 17.5 Å². The van der Waals surface area contributed by atoms with Crippen LogP contribution in [-0.2, 0) is 7.05 Å².